The molecule has 0 aliphatic carbocycles. The average molecular weight is 287 g/mol. The van der Waals surface area contributed by atoms with Gasteiger partial charge in [0, 0.05) is 5.56 Å². The predicted molar refractivity (Wildman–Crippen MR) is 79.2 cm³/mol. The number of nitrogen functional groups attached to an aromatic ring is 1. The first-order valence-corrected chi connectivity index (χ1v) is 6.31. The third-order valence-corrected chi connectivity index (χ3v) is 3.14. The molecule has 1 heterocycles. The Labute approximate surface area is 122 Å². The largest absolute Gasteiger partial charge is 0.493 e. The Kier molecular flexibility index (Phi) is 4.39. The first-order valence-electron chi connectivity index (χ1n) is 6.31. The van der Waals surface area contributed by atoms with Crippen molar-refractivity contribution in [2.45, 2.75) is 6.92 Å². The maximum absolute atomic E-state index is 11.6. The molecule has 6 nitrogen and oxygen atoms in total. The molecular weight excluding hydrogens is 270 g/mol. The lowest BCUT2D eigenvalue weighted by Crippen LogP contribution is -2.30. The highest BCUT2D eigenvalue weighted by Crippen LogP contribution is 2.31. The quantitative estimate of drug-likeness (QED) is 0.507. The Morgan fingerprint density at radius 1 is 1.14 bits per heavy atom. The van der Waals surface area contributed by atoms with E-state index >= 15 is 0 Å². The standard InChI is InChI=1S/C15H17N3O3/c1-9-11(15(19)18-16)5-6-12(17-9)10-4-7-13(20-2)14(8-10)21-3/h4-8H,16H2,1-3H3,(H,18,19). The minimum absolute atomic E-state index is 0.362. The minimum Gasteiger partial charge on any atom is -0.493 e. The third kappa shape index (κ3) is 2.95. The second-order valence-electron chi connectivity index (χ2n) is 4.37. The number of carbonyl (C=O) groups is 1. The summed E-state index contributed by atoms with van der Waals surface area (Å²) in [6.45, 7) is 1.76. The molecular formula is C15H17N3O3. The van der Waals surface area contributed by atoms with Crippen LogP contribution in [0.3, 0.4) is 0 Å². The van der Waals surface area contributed by atoms with Gasteiger partial charge in [0.2, 0.25) is 0 Å². The van der Waals surface area contributed by atoms with Crippen LogP contribution in [0.1, 0.15) is 16.1 Å². The topological polar surface area (TPSA) is 86.5 Å². The normalized spacial score (nSPS) is 10.1. The molecule has 0 saturated heterocycles. The number of nitrogens with zero attached hydrogens (tertiary/aromatic N) is 1. The van der Waals surface area contributed by atoms with Gasteiger partial charge in [-0.1, -0.05) is 0 Å². The number of hydrogen-bond donors (Lipinski definition) is 2. The molecule has 1 aromatic carbocycles. The van der Waals surface area contributed by atoms with Crippen LogP contribution in [0.4, 0.5) is 0 Å². The lowest BCUT2D eigenvalue weighted by molar-refractivity contribution is 0.0952. The molecule has 0 fully saturated rings. The van der Waals surface area contributed by atoms with Gasteiger partial charge in [-0.15, -0.1) is 0 Å². The van der Waals surface area contributed by atoms with Crippen molar-refractivity contribution in [1.29, 1.82) is 0 Å². The fraction of sp³-hybridized carbons (Fsp3) is 0.200. The SMILES string of the molecule is COc1ccc(-c2ccc(C(=O)NN)c(C)n2)cc1OC. The predicted octanol–water partition coefficient (Wildman–Crippen LogP) is 1.68. The number of rotatable bonds is 4. The number of amides is 1. The summed E-state index contributed by atoms with van der Waals surface area (Å²) in [5.74, 6) is 6.05. The average Bonchev–Trinajstić information content (AvgIpc) is 2.53. The van der Waals surface area contributed by atoms with E-state index in [-0.39, 0.29) is 5.91 Å². The van der Waals surface area contributed by atoms with Gasteiger partial charge in [-0.2, -0.15) is 0 Å². The highest BCUT2D eigenvalue weighted by Gasteiger charge is 2.11. The van der Waals surface area contributed by atoms with Crippen LogP contribution in [0.15, 0.2) is 30.3 Å². The minimum atomic E-state index is -0.362. The summed E-state index contributed by atoms with van der Waals surface area (Å²) in [7, 11) is 3.16. The summed E-state index contributed by atoms with van der Waals surface area (Å²) in [5.41, 5.74) is 4.76. The van der Waals surface area contributed by atoms with E-state index in [4.69, 9.17) is 15.3 Å². The van der Waals surface area contributed by atoms with Crippen LogP contribution in [-0.2, 0) is 0 Å². The van der Waals surface area contributed by atoms with Gasteiger partial charge in [0.25, 0.3) is 5.91 Å². The molecule has 3 N–H and O–H groups in total. The van der Waals surface area contributed by atoms with Crippen molar-refractivity contribution in [2.24, 2.45) is 5.84 Å². The van der Waals surface area contributed by atoms with Crippen molar-refractivity contribution in [3.8, 4) is 22.8 Å². The molecule has 110 valence electrons. The molecule has 1 aromatic heterocycles. The van der Waals surface area contributed by atoms with Crippen molar-refractivity contribution in [2.75, 3.05) is 14.2 Å². The monoisotopic (exact) mass is 287 g/mol. The number of aryl methyl sites for hydroxylation is 1. The van der Waals surface area contributed by atoms with E-state index in [1.807, 2.05) is 18.2 Å². The molecule has 21 heavy (non-hydrogen) atoms. The number of aromatic nitrogens is 1. The van der Waals surface area contributed by atoms with Crippen molar-refractivity contribution in [1.82, 2.24) is 10.4 Å². The lowest BCUT2D eigenvalue weighted by atomic mass is 10.1. The van der Waals surface area contributed by atoms with Crippen molar-refractivity contribution < 1.29 is 14.3 Å². The van der Waals surface area contributed by atoms with E-state index in [0.29, 0.717) is 22.8 Å². The van der Waals surface area contributed by atoms with Gasteiger partial charge in [-0.3, -0.25) is 15.2 Å². The second kappa shape index (κ2) is 6.23. The van der Waals surface area contributed by atoms with Crippen LogP contribution in [0.2, 0.25) is 0 Å². The van der Waals surface area contributed by atoms with E-state index in [9.17, 15) is 4.79 Å². The summed E-state index contributed by atoms with van der Waals surface area (Å²) in [6, 6.07) is 8.98. The van der Waals surface area contributed by atoms with Gasteiger partial charge >= 0.3 is 0 Å². The zero-order valence-electron chi connectivity index (χ0n) is 12.1. The number of carbonyl (C=O) groups excluding carboxylic acids is 1. The number of ether oxygens (including phenoxy) is 2. The molecule has 0 unspecified atom stereocenters. The number of nitrogens with two attached hydrogens (primary N) is 1. The molecule has 2 rings (SSSR count). The van der Waals surface area contributed by atoms with Gasteiger partial charge in [-0.05, 0) is 37.3 Å². The van der Waals surface area contributed by atoms with Crippen LogP contribution in [-0.4, -0.2) is 25.1 Å². The number of methoxy groups -OCH3 is 2. The van der Waals surface area contributed by atoms with E-state index in [1.165, 1.54) is 0 Å². The molecule has 0 bridgehead atoms. The molecule has 0 saturated carbocycles. The molecule has 0 aliphatic rings. The van der Waals surface area contributed by atoms with Crippen LogP contribution >= 0.6 is 0 Å². The second-order valence-corrected chi connectivity index (χ2v) is 4.37. The Hall–Kier alpha value is -2.60. The summed E-state index contributed by atoms with van der Waals surface area (Å²) < 4.78 is 10.5. The first kappa shape index (κ1) is 14.8. The van der Waals surface area contributed by atoms with Crippen LogP contribution in [0.25, 0.3) is 11.3 Å². The molecule has 1 amide bonds. The summed E-state index contributed by atoms with van der Waals surface area (Å²) >= 11 is 0. The van der Waals surface area contributed by atoms with E-state index < -0.39 is 0 Å². The molecule has 6 heteroatoms. The maximum atomic E-state index is 11.6. The van der Waals surface area contributed by atoms with E-state index in [2.05, 4.69) is 10.4 Å². The van der Waals surface area contributed by atoms with Gasteiger partial charge in [0.05, 0.1) is 31.2 Å². The highest BCUT2D eigenvalue weighted by atomic mass is 16.5. The first-order chi connectivity index (χ1) is 10.1. The maximum Gasteiger partial charge on any atom is 0.267 e. The highest BCUT2D eigenvalue weighted by molar-refractivity contribution is 5.95. The van der Waals surface area contributed by atoms with Gasteiger partial charge < -0.3 is 9.47 Å². The van der Waals surface area contributed by atoms with Crippen LogP contribution in [0.5, 0.6) is 11.5 Å². The molecule has 0 atom stereocenters. The number of benzene rings is 1. The van der Waals surface area contributed by atoms with Gasteiger partial charge in [0.15, 0.2) is 11.5 Å². The number of hydrogen-bond acceptors (Lipinski definition) is 5. The molecule has 0 aliphatic heterocycles. The summed E-state index contributed by atoms with van der Waals surface area (Å²) in [6.07, 6.45) is 0. The van der Waals surface area contributed by atoms with Crippen molar-refractivity contribution >= 4 is 5.91 Å². The smallest absolute Gasteiger partial charge is 0.267 e. The zero-order chi connectivity index (χ0) is 15.4. The van der Waals surface area contributed by atoms with Crippen molar-refractivity contribution in [3.63, 3.8) is 0 Å². The van der Waals surface area contributed by atoms with Crippen LogP contribution in [0, 0.1) is 6.92 Å². The zero-order valence-corrected chi connectivity index (χ0v) is 12.1. The number of pyridine rings is 1. The molecule has 0 spiro atoms. The van der Waals surface area contributed by atoms with Gasteiger partial charge in [0.1, 0.15) is 0 Å². The van der Waals surface area contributed by atoms with Gasteiger partial charge in [-0.25, -0.2) is 5.84 Å². The van der Waals surface area contributed by atoms with E-state index in [0.717, 1.165) is 11.3 Å². The Bertz CT molecular complexity index is 671. The number of nitrogens with one attached hydrogen (secondary N) is 1. The van der Waals surface area contributed by atoms with Crippen LogP contribution < -0.4 is 20.7 Å². The summed E-state index contributed by atoms with van der Waals surface area (Å²) in [5, 5.41) is 0. The fourth-order valence-corrected chi connectivity index (χ4v) is 2.04. The number of hydrazine groups is 1. The fourth-order valence-electron chi connectivity index (χ4n) is 2.04. The third-order valence-electron chi connectivity index (χ3n) is 3.14. The van der Waals surface area contributed by atoms with Crippen molar-refractivity contribution in [3.05, 3.63) is 41.6 Å². The molecule has 0 radical (unpaired) electrons. The molecule has 2 aromatic rings. The Morgan fingerprint density at radius 2 is 1.86 bits per heavy atom. The Morgan fingerprint density at radius 3 is 2.43 bits per heavy atom. The summed E-state index contributed by atoms with van der Waals surface area (Å²) in [4.78, 5) is 16.0. The Balaban J connectivity index is 2.43. The van der Waals surface area contributed by atoms with E-state index in [1.54, 1.807) is 33.3 Å². The lowest BCUT2D eigenvalue weighted by Gasteiger charge is -2.10.